The first-order valence-corrected chi connectivity index (χ1v) is 12.2. The van der Waals surface area contributed by atoms with Gasteiger partial charge in [0.25, 0.3) is 0 Å². The summed E-state index contributed by atoms with van der Waals surface area (Å²) in [7, 11) is 0. The first kappa shape index (κ1) is 21.4. The van der Waals surface area contributed by atoms with E-state index in [-0.39, 0.29) is 29.0 Å². The fourth-order valence-corrected chi connectivity index (χ4v) is 6.33. The van der Waals surface area contributed by atoms with Gasteiger partial charge in [0, 0.05) is 49.1 Å². The predicted octanol–water partition coefficient (Wildman–Crippen LogP) is 3.26. The van der Waals surface area contributed by atoms with E-state index < -0.39 is 11.9 Å². The van der Waals surface area contributed by atoms with Crippen molar-refractivity contribution >= 4 is 6.03 Å². The van der Waals surface area contributed by atoms with Crippen LogP contribution in [0.1, 0.15) is 62.0 Å². The minimum absolute atomic E-state index is 0.0123. The largest absolute Gasteiger partial charge is 0.460 e. The maximum Gasteiger partial charge on any atom is 0.433 e. The maximum atomic E-state index is 12.9. The number of amides is 2. The molecule has 3 aliphatic carbocycles. The zero-order valence-corrected chi connectivity index (χ0v) is 19.1. The molecule has 0 atom stereocenters. The van der Waals surface area contributed by atoms with Crippen molar-refractivity contribution < 1.29 is 22.7 Å². The molecule has 9 nitrogen and oxygen atoms in total. The number of rotatable bonds is 4. The zero-order chi connectivity index (χ0) is 24.0. The number of likely N-dealkylation sites (tertiary alicyclic amines) is 2. The number of carbonyl (C=O) groups excluding carboxylic acids is 1. The summed E-state index contributed by atoms with van der Waals surface area (Å²) in [6, 6.07) is 1.07. The molecule has 0 N–H and O–H groups in total. The van der Waals surface area contributed by atoms with Gasteiger partial charge in [0.15, 0.2) is 11.5 Å². The number of carbonyl (C=O) groups is 1. The highest BCUT2D eigenvalue weighted by Gasteiger charge is 2.59. The monoisotopic (exact) mass is 489 g/mol. The Kier molecular flexibility index (Phi) is 4.32. The molecule has 2 aliphatic heterocycles. The number of hydrogen-bond acceptors (Lipinski definition) is 6. The first-order valence-electron chi connectivity index (χ1n) is 12.2. The molecule has 2 aromatic heterocycles. The second-order valence-electron chi connectivity index (χ2n) is 11.3. The molecule has 7 rings (SSSR count). The van der Waals surface area contributed by atoms with Gasteiger partial charge in [-0.05, 0) is 44.6 Å². The number of hydrogen-bond donors (Lipinski definition) is 0. The molecule has 2 spiro atoms. The van der Waals surface area contributed by atoms with Gasteiger partial charge >= 0.3 is 18.2 Å². The van der Waals surface area contributed by atoms with Crippen molar-refractivity contribution in [2.45, 2.75) is 62.8 Å². The van der Waals surface area contributed by atoms with Crippen LogP contribution in [0.3, 0.4) is 0 Å². The van der Waals surface area contributed by atoms with Crippen molar-refractivity contribution in [2.75, 3.05) is 26.2 Å². The summed E-state index contributed by atoms with van der Waals surface area (Å²) < 4.78 is 46.0. The standard InChI is InChI=1S/C23H26F3N7O2/c24-23(25,26)17-3-4-27-19(29-17)35-16-7-22(8-16)11-32(12-22)20(34)31-9-21(10-31)5-15(6-21)33-13-28-18(30-33)14-1-2-14/h3-4,13-16H,1-2,5-12H2. The van der Waals surface area contributed by atoms with Crippen molar-refractivity contribution in [3.8, 4) is 6.01 Å². The molecule has 2 saturated heterocycles. The van der Waals surface area contributed by atoms with E-state index in [1.54, 1.807) is 0 Å². The Morgan fingerprint density at radius 1 is 1.00 bits per heavy atom. The summed E-state index contributed by atoms with van der Waals surface area (Å²) in [4.78, 5) is 28.4. The average molecular weight is 490 g/mol. The van der Waals surface area contributed by atoms with Crippen LogP contribution in [0.4, 0.5) is 18.0 Å². The third kappa shape index (κ3) is 3.63. The summed E-state index contributed by atoms with van der Waals surface area (Å²) in [5.41, 5.74) is -0.765. The molecule has 2 aromatic rings. The molecule has 186 valence electrons. The highest BCUT2D eigenvalue weighted by molar-refractivity contribution is 5.77. The summed E-state index contributed by atoms with van der Waals surface area (Å²) in [5.74, 6) is 1.54. The van der Waals surface area contributed by atoms with E-state index in [9.17, 15) is 18.0 Å². The van der Waals surface area contributed by atoms with Gasteiger partial charge in [-0.1, -0.05) is 0 Å². The van der Waals surface area contributed by atoms with Gasteiger partial charge in [-0.15, -0.1) is 0 Å². The molecule has 12 heteroatoms. The predicted molar refractivity (Wildman–Crippen MR) is 114 cm³/mol. The van der Waals surface area contributed by atoms with Crippen LogP contribution < -0.4 is 4.74 Å². The van der Waals surface area contributed by atoms with Crippen molar-refractivity contribution in [2.24, 2.45) is 10.8 Å². The SMILES string of the molecule is O=C(N1CC2(CC(Oc3nccc(C(F)(F)F)n3)C2)C1)N1CC2(CC(n3cnc(C4CC4)n3)C2)C1. The quantitative estimate of drug-likeness (QED) is 0.655. The molecule has 0 bridgehead atoms. The summed E-state index contributed by atoms with van der Waals surface area (Å²) >= 11 is 0. The molecular formula is C23H26F3N7O2. The Morgan fingerprint density at radius 2 is 1.66 bits per heavy atom. The van der Waals surface area contributed by atoms with Gasteiger partial charge in [0.2, 0.25) is 0 Å². The van der Waals surface area contributed by atoms with Gasteiger partial charge in [0.05, 0.1) is 6.04 Å². The van der Waals surface area contributed by atoms with Crippen LogP contribution in [0.2, 0.25) is 0 Å². The number of halogens is 3. The topological polar surface area (TPSA) is 89.3 Å². The lowest BCUT2D eigenvalue weighted by Crippen LogP contribution is -2.71. The van der Waals surface area contributed by atoms with Crippen LogP contribution in [0.15, 0.2) is 18.6 Å². The fourth-order valence-electron chi connectivity index (χ4n) is 6.33. The minimum atomic E-state index is -4.53. The Hall–Kier alpha value is -2.92. The van der Waals surface area contributed by atoms with Gasteiger partial charge < -0.3 is 14.5 Å². The number of nitrogens with zero attached hydrogens (tertiary/aromatic N) is 7. The maximum absolute atomic E-state index is 12.9. The highest BCUT2D eigenvalue weighted by Crippen LogP contribution is 2.55. The number of aromatic nitrogens is 5. The van der Waals surface area contributed by atoms with Crippen LogP contribution in [0.5, 0.6) is 6.01 Å². The van der Waals surface area contributed by atoms with E-state index in [4.69, 9.17) is 4.74 Å². The van der Waals surface area contributed by atoms with E-state index >= 15 is 0 Å². The first-order chi connectivity index (χ1) is 16.7. The molecular weight excluding hydrogens is 463 g/mol. The Balaban J connectivity index is 0.851. The Morgan fingerprint density at radius 3 is 2.29 bits per heavy atom. The number of ether oxygens (including phenoxy) is 1. The molecule has 5 aliphatic rings. The van der Waals surface area contributed by atoms with E-state index in [2.05, 4.69) is 20.1 Å². The smallest absolute Gasteiger partial charge is 0.433 e. The molecule has 3 saturated carbocycles. The molecule has 4 heterocycles. The van der Waals surface area contributed by atoms with Crippen molar-refractivity contribution in [1.82, 2.24) is 34.5 Å². The van der Waals surface area contributed by atoms with Gasteiger partial charge in [-0.2, -0.15) is 23.3 Å². The fraction of sp³-hybridized carbons (Fsp3) is 0.696. The minimum Gasteiger partial charge on any atom is -0.460 e. The normalized spacial score (nSPS) is 25.1. The van der Waals surface area contributed by atoms with Gasteiger partial charge in [-0.3, -0.25) is 0 Å². The third-order valence-electron chi connectivity index (χ3n) is 8.34. The summed E-state index contributed by atoms with van der Waals surface area (Å²) in [5, 5.41) is 4.65. The highest BCUT2D eigenvalue weighted by atomic mass is 19.4. The van der Waals surface area contributed by atoms with E-state index in [0.717, 1.165) is 44.0 Å². The summed E-state index contributed by atoms with van der Waals surface area (Å²) in [6.45, 7) is 2.94. The number of urea groups is 1. The molecule has 0 radical (unpaired) electrons. The second kappa shape index (κ2) is 7.07. The lowest BCUT2D eigenvalue weighted by molar-refractivity contribution is -0.142. The Bertz CT molecular complexity index is 1150. The van der Waals surface area contributed by atoms with Crippen molar-refractivity contribution in [3.05, 3.63) is 30.1 Å². The number of alkyl halides is 3. The molecule has 2 amide bonds. The molecule has 35 heavy (non-hydrogen) atoms. The molecule has 0 unspecified atom stereocenters. The average Bonchev–Trinajstić information content (AvgIpc) is 3.44. The molecule has 0 aromatic carbocycles. The Labute approximate surface area is 199 Å². The third-order valence-corrected chi connectivity index (χ3v) is 8.34. The zero-order valence-electron chi connectivity index (χ0n) is 19.1. The lowest BCUT2D eigenvalue weighted by Gasteiger charge is -2.62. The van der Waals surface area contributed by atoms with Crippen LogP contribution in [-0.4, -0.2) is 72.8 Å². The van der Waals surface area contributed by atoms with E-state index in [1.165, 1.54) is 12.8 Å². The van der Waals surface area contributed by atoms with E-state index in [0.29, 0.717) is 37.9 Å². The van der Waals surface area contributed by atoms with Gasteiger partial charge in [0.1, 0.15) is 12.4 Å². The van der Waals surface area contributed by atoms with Crippen LogP contribution in [-0.2, 0) is 6.18 Å². The van der Waals surface area contributed by atoms with Crippen molar-refractivity contribution in [3.63, 3.8) is 0 Å². The van der Waals surface area contributed by atoms with Crippen LogP contribution in [0, 0.1) is 10.8 Å². The van der Waals surface area contributed by atoms with Crippen molar-refractivity contribution in [1.29, 1.82) is 0 Å². The molecule has 5 fully saturated rings. The van der Waals surface area contributed by atoms with Gasteiger partial charge in [-0.25, -0.2) is 19.4 Å². The lowest BCUT2D eigenvalue weighted by atomic mass is 9.60. The summed E-state index contributed by atoms with van der Waals surface area (Å²) in [6.07, 6.45) is 4.07. The van der Waals surface area contributed by atoms with Crippen LogP contribution in [0.25, 0.3) is 0 Å². The van der Waals surface area contributed by atoms with Crippen LogP contribution >= 0.6 is 0 Å². The van der Waals surface area contributed by atoms with E-state index in [1.807, 2.05) is 20.8 Å². The second-order valence-corrected chi connectivity index (χ2v) is 11.3.